The van der Waals surface area contributed by atoms with Crippen LogP contribution in [-0.2, 0) is 6.54 Å². The van der Waals surface area contributed by atoms with E-state index in [0.29, 0.717) is 13.1 Å². The normalized spacial score (nSPS) is 12.0. The van der Waals surface area contributed by atoms with E-state index in [9.17, 15) is 4.79 Å². The van der Waals surface area contributed by atoms with E-state index in [-0.39, 0.29) is 24.4 Å². The third-order valence-electron chi connectivity index (χ3n) is 4.07. The molecule has 0 aliphatic heterocycles. The first-order chi connectivity index (χ1) is 11.6. The number of fused-ring (bicyclic) bond motifs is 1. The minimum absolute atomic E-state index is 0. The Morgan fingerprint density at radius 2 is 2.04 bits per heavy atom. The second kappa shape index (κ2) is 8.47. The molecule has 25 heavy (non-hydrogen) atoms. The van der Waals surface area contributed by atoms with Crippen LogP contribution in [-0.4, -0.2) is 35.3 Å². The number of rotatable bonds is 6. The first-order valence-corrected chi connectivity index (χ1v) is 8.86. The van der Waals surface area contributed by atoms with Crippen LogP contribution in [0.1, 0.15) is 27.9 Å². The molecule has 5 nitrogen and oxygen atoms in total. The molecule has 2 aromatic heterocycles. The number of thiophene rings is 1. The molecule has 0 saturated heterocycles. The Morgan fingerprint density at radius 1 is 1.32 bits per heavy atom. The van der Waals surface area contributed by atoms with Gasteiger partial charge in [0.15, 0.2) is 0 Å². The molecule has 0 aliphatic rings. The molecule has 0 saturated carbocycles. The molecule has 0 spiro atoms. The molecule has 0 aliphatic carbocycles. The predicted octanol–water partition coefficient (Wildman–Crippen LogP) is 3.21. The summed E-state index contributed by atoms with van der Waals surface area (Å²) in [6, 6.07) is 12.4. The first kappa shape index (κ1) is 19.4. The van der Waals surface area contributed by atoms with Crippen LogP contribution in [0.4, 0.5) is 0 Å². The van der Waals surface area contributed by atoms with Crippen LogP contribution in [0.5, 0.6) is 0 Å². The number of nitrogens with one attached hydrogen (secondary N) is 2. The van der Waals surface area contributed by atoms with Crippen molar-refractivity contribution in [2.45, 2.75) is 26.4 Å². The average Bonchev–Trinajstić information content (AvgIpc) is 3.15. The number of hydrogen-bond donors (Lipinski definition) is 2. The van der Waals surface area contributed by atoms with Crippen molar-refractivity contribution in [1.29, 1.82) is 0 Å². The van der Waals surface area contributed by atoms with E-state index in [2.05, 4.69) is 27.9 Å². The highest BCUT2D eigenvalue weighted by Crippen LogP contribution is 2.28. The zero-order valence-corrected chi connectivity index (χ0v) is 16.2. The third kappa shape index (κ3) is 4.39. The van der Waals surface area contributed by atoms with Crippen molar-refractivity contribution in [3.05, 3.63) is 52.5 Å². The Hall–Kier alpha value is -1.89. The van der Waals surface area contributed by atoms with E-state index in [1.165, 1.54) is 16.9 Å². The maximum Gasteiger partial charge on any atom is 0.261 e. The molecule has 0 bridgehead atoms. The first-order valence-electron chi connectivity index (χ1n) is 8.05. The highest BCUT2D eigenvalue weighted by atomic mass is 35.5. The Labute approximate surface area is 157 Å². The van der Waals surface area contributed by atoms with Gasteiger partial charge in [0, 0.05) is 18.0 Å². The van der Waals surface area contributed by atoms with Crippen LogP contribution >= 0.6 is 23.7 Å². The van der Waals surface area contributed by atoms with Gasteiger partial charge in [-0.3, -0.25) is 9.48 Å². The molecule has 7 heteroatoms. The third-order valence-corrected chi connectivity index (χ3v) is 5.22. The molecule has 3 rings (SSSR count). The van der Waals surface area contributed by atoms with Crippen LogP contribution in [0, 0.1) is 6.92 Å². The molecular weight excluding hydrogens is 356 g/mol. The van der Waals surface area contributed by atoms with Crippen LogP contribution in [0.2, 0.25) is 0 Å². The minimum atomic E-state index is -0.0241. The summed E-state index contributed by atoms with van der Waals surface area (Å²) in [5, 5.41) is 11.8. The summed E-state index contributed by atoms with van der Waals surface area (Å²) in [6.45, 7) is 5.34. The molecule has 2 heterocycles. The standard InChI is InChI=1S/C18H22N4OS.ClH/c1-12(19-3)10-20-17(23)16-9-15-13(2)21-22(18(15)24-16)11-14-7-5-4-6-8-14;/h4-9,12,19H,10-11H2,1-3H3,(H,20,23);1H. The number of aromatic nitrogens is 2. The van der Waals surface area contributed by atoms with Crippen molar-refractivity contribution in [2.24, 2.45) is 0 Å². The highest BCUT2D eigenvalue weighted by molar-refractivity contribution is 7.20. The van der Waals surface area contributed by atoms with Crippen LogP contribution in [0.25, 0.3) is 10.2 Å². The predicted molar refractivity (Wildman–Crippen MR) is 106 cm³/mol. The SMILES string of the molecule is CNC(C)CNC(=O)c1cc2c(C)nn(Cc3ccccc3)c2s1.Cl. The van der Waals surface area contributed by atoms with E-state index in [0.717, 1.165) is 20.8 Å². The second-order valence-corrected chi connectivity index (χ2v) is 6.99. The number of halogens is 1. The fraction of sp³-hybridized carbons (Fsp3) is 0.333. The molecule has 134 valence electrons. The monoisotopic (exact) mass is 378 g/mol. The molecule has 2 N–H and O–H groups in total. The Balaban J connectivity index is 0.00000225. The van der Waals surface area contributed by atoms with Crippen molar-refractivity contribution in [2.75, 3.05) is 13.6 Å². The number of amides is 1. The van der Waals surface area contributed by atoms with E-state index in [1.807, 2.05) is 49.8 Å². The highest BCUT2D eigenvalue weighted by Gasteiger charge is 2.16. The number of carbonyl (C=O) groups is 1. The lowest BCUT2D eigenvalue weighted by Crippen LogP contribution is -2.36. The fourth-order valence-corrected chi connectivity index (χ4v) is 3.60. The van der Waals surface area contributed by atoms with E-state index in [1.54, 1.807) is 0 Å². The summed E-state index contributed by atoms with van der Waals surface area (Å²) in [5.41, 5.74) is 2.16. The van der Waals surface area contributed by atoms with Crippen molar-refractivity contribution in [1.82, 2.24) is 20.4 Å². The molecule has 1 aromatic carbocycles. The lowest BCUT2D eigenvalue weighted by atomic mass is 10.2. The number of likely N-dealkylation sites (N-methyl/N-ethyl adjacent to an activating group) is 1. The molecule has 0 radical (unpaired) electrons. The van der Waals surface area contributed by atoms with E-state index < -0.39 is 0 Å². The van der Waals surface area contributed by atoms with Crippen molar-refractivity contribution in [3.63, 3.8) is 0 Å². The summed E-state index contributed by atoms with van der Waals surface area (Å²) in [6.07, 6.45) is 0. The summed E-state index contributed by atoms with van der Waals surface area (Å²) in [4.78, 5) is 14.1. The Morgan fingerprint density at radius 3 is 2.72 bits per heavy atom. The van der Waals surface area contributed by atoms with Gasteiger partial charge in [0.05, 0.1) is 17.1 Å². The van der Waals surface area contributed by atoms with Crippen molar-refractivity contribution >= 4 is 39.9 Å². The van der Waals surface area contributed by atoms with Gasteiger partial charge in [-0.1, -0.05) is 30.3 Å². The molecular formula is C18H23ClN4OS. The van der Waals surface area contributed by atoms with Crippen LogP contribution in [0.15, 0.2) is 36.4 Å². The van der Waals surface area contributed by atoms with Crippen molar-refractivity contribution in [3.8, 4) is 0 Å². The van der Waals surface area contributed by atoms with Gasteiger partial charge in [0.25, 0.3) is 5.91 Å². The minimum Gasteiger partial charge on any atom is -0.350 e. The lowest BCUT2D eigenvalue weighted by molar-refractivity contribution is 0.0954. The van der Waals surface area contributed by atoms with Gasteiger partial charge in [0.2, 0.25) is 0 Å². The number of carbonyl (C=O) groups excluding carboxylic acids is 1. The number of aryl methyl sites for hydroxylation is 1. The molecule has 1 atom stereocenters. The Kier molecular flexibility index (Phi) is 6.58. The molecule has 1 amide bonds. The van der Waals surface area contributed by atoms with Gasteiger partial charge in [-0.15, -0.1) is 23.7 Å². The summed E-state index contributed by atoms with van der Waals surface area (Å²) >= 11 is 1.50. The summed E-state index contributed by atoms with van der Waals surface area (Å²) < 4.78 is 1.98. The molecule has 3 aromatic rings. The number of benzene rings is 1. The summed E-state index contributed by atoms with van der Waals surface area (Å²) in [7, 11) is 1.89. The van der Waals surface area contributed by atoms with Gasteiger partial charge in [-0.05, 0) is 32.5 Å². The zero-order valence-electron chi connectivity index (χ0n) is 14.6. The van der Waals surface area contributed by atoms with Crippen LogP contribution in [0.3, 0.4) is 0 Å². The van der Waals surface area contributed by atoms with Crippen molar-refractivity contribution < 1.29 is 4.79 Å². The molecule has 0 fully saturated rings. The largest absolute Gasteiger partial charge is 0.350 e. The van der Waals surface area contributed by atoms with Crippen LogP contribution < -0.4 is 10.6 Å². The van der Waals surface area contributed by atoms with Gasteiger partial charge < -0.3 is 10.6 Å². The lowest BCUT2D eigenvalue weighted by Gasteiger charge is -2.10. The maximum atomic E-state index is 12.4. The zero-order chi connectivity index (χ0) is 17.1. The number of nitrogens with zero attached hydrogens (tertiary/aromatic N) is 2. The second-order valence-electron chi connectivity index (χ2n) is 5.96. The quantitative estimate of drug-likeness (QED) is 0.692. The smallest absolute Gasteiger partial charge is 0.261 e. The van der Waals surface area contributed by atoms with E-state index in [4.69, 9.17) is 0 Å². The van der Waals surface area contributed by atoms with Gasteiger partial charge >= 0.3 is 0 Å². The number of hydrogen-bond acceptors (Lipinski definition) is 4. The summed E-state index contributed by atoms with van der Waals surface area (Å²) in [5.74, 6) is -0.0241. The fourth-order valence-electron chi connectivity index (χ4n) is 2.52. The molecule has 1 unspecified atom stereocenters. The average molecular weight is 379 g/mol. The van der Waals surface area contributed by atoms with Gasteiger partial charge in [0.1, 0.15) is 4.83 Å². The van der Waals surface area contributed by atoms with E-state index >= 15 is 0 Å². The maximum absolute atomic E-state index is 12.4. The van der Waals surface area contributed by atoms with Gasteiger partial charge in [-0.25, -0.2) is 0 Å². The Bertz CT molecular complexity index is 844. The topological polar surface area (TPSA) is 58.9 Å². The van der Waals surface area contributed by atoms with Gasteiger partial charge in [-0.2, -0.15) is 5.10 Å².